The van der Waals surface area contributed by atoms with Crippen molar-refractivity contribution >= 4 is 11.7 Å². The van der Waals surface area contributed by atoms with Crippen LogP contribution < -0.4 is 11.1 Å². The summed E-state index contributed by atoms with van der Waals surface area (Å²) in [5.74, 6) is -1.87. The van der Waals surface area contributed by atoms with Crippen LogP contribution >= 0.6 is 0 Å². The Bertz CT molecular complexity index is 600. The summed E-state index contributed by atoms with van der Waals surface area (Å²) in [4.78, 5) is 16.3. The number of benzene rings is 1. The first-order chi connectivity index (χ1) is 10.9. The summed E-state index contributed by atoms with van der Waals surface area (Å²) in [5, 5.41) is 10.5. The van der Waals surface area contributed by atoms with Crippen molar-refractivity contribution in [1.29, 1.82) is 0 Å². The van der Waals surface area contributed by atoms with Crippen LogP contribution in [0.25, 0.3) is 11.4 Å². The minimum atomic E-state index is -5.08. The summed E-state index contributed by atoms with van der Waals surface area (Å²) in [6.07, 6.45) is -0.537. The summed E-state index contributed by atoms with van der Waals surface area (Å²) in [6.45, 7) is 1.59. The van der Waals surface area contributed by atoms with E-state index >= 15 is 0 Å². The van der Waals surface area contributed by atoms with Crippen LogP contribution in [0.4, 0.5) is 18.9 Å². The summed E-state index contributed by atoms with van der Waals surface area (Å²) >= 11 is 0. The SMILES string of the molecule is NCCCNc1ccccc1-c1ncc[nH]1.O=C(O)C(F)(F)F. The number of aliphatic carboxylic acids is 1. The van der Waals surface area contributed by atoms with Crippen LogP contribution in [-0.2, 0) is 4.79 Å². The molecule has 0 bridgehead atoms. The number of rotatable bonds is 5. The second-order valence-corrected chi connectivity index (χ2v) is 4.36. The lowest BCUT2D eigenvalue weighted by Gasteiger charge is -2.09. The molecule has 2 aromatic rings. The minimum Gasteiger partial charge on any atom is -0.475 e. The van der Waals surface area contributed by atoms with Gasteiger partial charge < -0.3 is 21.1 Å². The van der Waals surface area contributed by atoms with Gasteiger partial charge in [0.15, 0.2) is 0 Å². The number of carbonyl (C=O) groups is 1. The molecule has 1 aromatic carbocycles. The Morgan fingerprint density at radius 1 is 1.35 bits per heavy atom. The van der Waals surface area contributed by atoms with E-state index in [1.54, 1.807) is 6.20 Å². The predicted octanol–water partition coefficient (Wildman–Crippen LogP) is 2.47. The molecule has 9 heteroatoms. The molecule has 1 heterocycles. The Morgan fingerprint density at radius 2 is 2.00 bits per heavy atom. The van der Waals surface area contributed by atoms with Crippen LogP contribution in [0.2, 0.25) is 0 Å². The fourth-order valence-corrected chi connectivity index (χ4v) is 1.58. The van der Waals surface area contributed by atoms with Crippen LogP contribution in [-0.4, -0.2) is 40.3 Å². The molecule has 0 amide bonds. The fourth-order valence-electron chi connectivity index (χ4n) is 1.58. The molecule has 0 aliphatic rings. The molecule has 0 saturated carbocycles. The number of H-pyrrole nitrogens is 1. The minimum absolute atomic E-state index is 0.704. The lowest BCUT2D eigenvalue weighted by atomic mass is 10.1. The molecule has 0 radical (unpaired) electrons. The maximum atomic E-state index is 10.6. The standard InChI is InChI=1S/C12H16N4.C2HF3O2/c13-6-3-7-14-11-5-2-1-4-10(11)12-15-8-9-16-12;3-2(4,5)1(6)7/h1-2,4-5,8-9,14H,3,6-7,13H2,(H,15,16);(H,6,7). The molecule has 23 heavy (non-hydrogen) atoms. The Kier molecular flexibility index (Phi) is 7.07. The number of nitrogens with one attached hydrogen (secondary N) is 2. The largest absolute Gasteiger partial charge is 0.490 e. The molecule has 0 spiro atoms. The topological polar surface area (TPSA) is 104 Å². The fraction of sp³-hybridized carbons (Fsp3) is 0.286. The van der Waals surface area contributed by atoms with Crippen LogP contribution in [0.1, 0.15) is 6.42 Å². The summed E-state index contributed by atoms with van der Waals surface area (Å²) < 4.78 is 31.7. The van der Waals surface area contributed by atoms with Crippen molar-refractivity contribution in [3.63, 3.8) is 0 Å². The molecule has 2 rings (SSSR count). The number of aromatic nitrogens is 2. The molecule has 126 valence electrons. The third-order valence-corrected chi connectivity index (χ3v) is 2.62. The zero-order valence-corrected chi connectivity index (χ0v) is 12.1. The van der Waals surface area contributed by atoms with Crippen LogP contribution in [0.5, 0.6) is 0 Å². The lowest BCUT2D eigenvalue weighted by molar-refractivity contribution is -0.192. The molecule has 0 atom stereocenters. The van der Waals surface area contributed by atoms with Gasteiger partial charge in [-0.05, 0) is 25.1 Å². The molecule has 0 saturated heterocycles. The number of nitrogens with two attached hydrogens (primary N) is 1. The van der Waals surface area contributed by atoms with Crippen molar-refractivity contribution < 1.29 is 23.1 Å². The number of carboxylic acid groups (broad SMARTS) is 1. The molecule has 0 fully saturated rings. The number of hydrogen-bond donors (Lipinski definition) is 4. The van der Waals surface area contributed by atoms with E-state index in [0.29, 0.717) is 6.54 Å². The number of carboxylic acids is 1. The van der Waals surface area contributed by atoms with E-state index in [2.05, 4.69) is 15.3 Å². The number of anilines is 1. The molecular weight excluding hydrogens is 313 g/mol. The van der Waals surface area contributed by atoms with Gasteiger partial charge in [-0.1, -0.05) is 12.1 Å². The number of halogens is 3. The zero-order valence-electron chi connectivity index (χ0n) is 12.1. The highest BCUT2D eigenvalue weighted by molar-refractivity contribution is 5.73. The van der Waals surface area contributed by atoms with Crippen LogP contribution in [0.15, 0.2) is 36.7 Å². The molecule has 0 aliphatic carbocycles. The highest BCUT2D eigenvalue weighted by atomic mass is 19.4. The van der Waals surface area contributed by atoms with Crippen LogP contribution in [0, 0.1) is 0 Å². The number of aromatic amines is 1. The van der Waals surface area contributed by atoms with Crippen molar-refractivity contribution in [2.75, 3.05) is 18.4 Å². The van der Waals surface area contributed by atoms with Gasteiger partial charge in [0.1, 0.15) is 5.82 Å². The van der Waals surface area contributed by atoms with E-state index < -0.39 is 12.1 Å². The first kappa shape index (κ1) is 18.5. The second-order valence-electron chi connectivity index (χ2n) is 4.36. The Labute approximate surface area is 130 Å². The second kappa shape index (κ2) is 8.79. The smallest absolute Gasteiger partial charge is 0.475 e. The van der Waals surface area contributed by atoms with Crippen molar-refractivity contribution in [3.05, 3.63) is 36.7 Å². The highest BCUT2D eigenvalue weighted by Crippen LogP contribution is 2.24. The Morgan fingerprint density at radius 3 is 2.52 bits per heavy atom. The molecule has 1 aromatic heterocycles. The van der Waals surface area contributed by atoms with Gasteiger partial charge >= 0.3 is 12.1 Å². The van der Waals surface area contributed by atoms with Gasteiger partial charge in [0, 0.05) is 30.2 Å². The predicted molar refractivity (Wildman–Crippen MR) is 79.9 cm³/mol. The Hall–Kier alpha value is -2.55. The quantitative estimate of drug-likeness (QED) is 0.631. The first-order valence-electron chi connectivity index (χ1n) is 6.69. The van der Waals surface area contributed by atoms with Crippen molar-refractivity contribution in [2.45, 2.75) is 12.6 Å². The number of alkyl halides is 3. The van der Waals surface area contributed by atoms with Crippen molar-refractivity contribution in [2.24, 2.45) is 5.73 Å². The maximum Gasteiger partial charge on any atom is 0.490 e. The average molecular weight is 330 g/mol. The van der Waals surface area contributed by atoms with Crippen molar-refractivity contribution in [3.8, 4) is 11.4 Å². The number of hydrogen-bond acceptors (Lipinski definition) is 4. The van der Waals surface area contributed by atoms with E-state index in [9.17, 15) is 13.2 Å². The summed E-state index contributed by atoms with van der Waals surface area (Å²) in [7, 11) is 0. The third-order valence-electron chi connectivity index (χ3n) is 2.62. The average Bonchev–Trinajstić information content (AvgIpc) is 3.02. The van der Waals surface area contributed by atoms with Gasteiger partial charge in [0.05, 0.1) is 0 Å². The lowest BCUT2D eigenvalue weighted by Crippen LogP contribution is -2.21. The maximum absolute atomic E-state index is 10.6. The highest BCUT2D eigenvalue weighted by Gasteiger charge is 2.38. The van der Waals surface area contributed by atoms with Crippen LogP contribution in [0.3, 0.4) is 0 Å². The van der Waals surface area contributed by atoms with Gasteiger partial charge in [-0.2, -0.15) is 13.2 Å². The van der Waals surface area contributed by atoms with E-state index in [4.69, 9.17) is 15.6 Å². The normalized spacial score (nSPS) is 10.6. The number of nitrogens with zero attached hydrogens (tertiary/aromatic N) is 1. The van der Waals surface area contributed by atoms with Gasteiger partial charge in [-0.25, -0.2) is 9.78 Å². The van der Waals surface area contributed by atoms with E-state index in [1.807, 2.05) is 30.5 Å². The molecule has 6 nitrogen and oxygen atoms in total. The number of imidazole rings is 1. The molecule has 5 N–H and O–H groups in total. The summed E-state index contributed by atoms with van der Waals surface area (Å²) in [5.41, 5.74) is 7.64. The van der Waals surface area contributed by atoms with E-state index in [-0.39, 0.29) is 0 Å². The van der Waals surface area contributed by atoms with Gasteiger partial charge in [0.2, 0.25) is 0 Å². The zero-order chi connectivity index (χ0) is 17.3. The van der Waals surface area contributed by atoms with Gasteiger partial charge in [-0.3, -0.25) is 0 Å². The molecular formula is C14H17F3N4O2. The van der Waals surface area contributed by atoms with E-state index in [1.165, 1.54) is 0 Å². The van der Waals surface area contributed by atoms with Crippen molar-refractivity contribution in [1.82, 2.24) is 9.97 Å². The third kappa shape index (κ3) is 6.39. The van der Waals surface area contributed by atoms with Gasteiger partial charge in [0.25, 0.3) is 0 Å². The Balaban J connectivity index is 0.000000322. The molecule has 0 unspecified atom stereocenters. The van der Waals surface area contributed by atoms with E-state index in [0.717, 1.165) is 30.0 Å². The molecule has 0 aliphatic heterocycles. The monoisotopic (exact) mass is 330 g/mol. The van der Waals surface area contributed by atoms with Gasteiger partial charge in [-0.15, -0.1) is 0 Å². The first-order valence-corrected chi connectivity index (χ1v) is 6.69. The summed E-state index contributed by atoms with van der Waals surface area (Å²) in [6, 6.07) is 8.11. The number of para-hydroxylation sites is 1.